The van der Waals surface area contributed by atoms with Crippen LogP contribution in [0.5, 0.6) is 5.75 Å². The van der Waals surface area contributed by atoms with Gasteiger partial charge in [0.15, 0.2) is 0 Å². The quantitative estimate of drug-likeness (QED) is 0.438. The van der Waals surface area contributed by atoms with Gasteiger partial charge in [0.05, 0.1) is 30.2 Å². The van der Waals surface area contributed by atoms with Crippen LogP contribution in [0.15, 0.2) is 83.8 Å². The zero-order chi connectivity index (χ0) is 24.6. The van der Waals surface area contributed by atoms with E-state index < -0.39 is 22.5 Å². The normalized spacial score (nSPS) is 10.9. The van der Waals surface area contributed by atoms with Gasteiger partial charge in [-0.1, -0.05) is 60.7 Å². The minimum atomic E-state index is -4.10. The number of anilines is 1. The molecule has 1 amide bonds. The third-order valence-electron chi connectivity index (χ3n) is 5.36. The van der Waals surface area contributed by atoms with Gasteiger partial charge in [-0.2, -0.15) is 5.26 Å². The fraction of sp³-hybridized carbons (Fsp3) is 0.231. The highest BCUT2D eigenvalue weighted by Crippen LogP contribution is 2.33. The highest BCUT2D eigenvalue weighted by Gasteiger charge is 2.31. The lowest BCUT2D eigenvalue weighted by molar-refractivity contribution is -0.130. The van der Waals surface area contributed by atoms with Crippen molar-refractivity contribution in [2.45, 2.75) is 24.8 Å². The van der Waals surface area contributed by atoms with Crippen molar-refractivity contribution in [3.05, 3.63) is 90.0 Å². The van der Waals surface area contributed by atoms with Crippen LogP contribution in [0.2, 0.25) is 0 Å². The van der Waals surface area contributed by atoms with E-state index in [9.17, 15) is 13.2 Å². The van der Waals surface area contributed by atoms with Gasteiger partial charge in [0.2, 0.25) is 5.91 Å². The molecule has 0 aliphatic heterocycles. The zero-order valence-corrected chi connectivity index (χ0v) is 20.0. The third kappa shape index (κ3) is 5.74. The number of hydrogen-bond donors (Lipinski definition) is 0. The summed E-state index contributed by atoms with van der Waals surface area (Å²) >= 11 is 0. The number of nitriles is 1. The molecule has 0 heterocycles. The summed E-state index contributed by atoms with van der Waals surface area (Å²) in [5.74, 6) is -0.0822. The second-order valence-electron chi connectivity index (χ2n) is 7.66. The molecule has 8 heteroatoms. The lowest BCUT2D eigenvalue weighted by Crippen LogP contribution is -2.43. The van der Waals surface area contributed by atoms with E-state index in [4.69, 9.17) is 10.00 Å². The summed E-state index contributed by atoms with van der Waals surface area (Å²) in [5, 5.41) is 9.09. The Bertz CT molecular complexity index is 1270. The SMILES string of the molecule is COc1ccccc1N(CC(=O)N(CCC#N)Cc1ccccc1)S(=O)(=O)c1ccccc1C. The van der Waals surface area contributed by atoms with Crippen LogP contribution in [0, 0.1) is 18.3 Å². The number of para-hydroxylation sites is 2. The molecule has 7 nitrogen and oxygen atoms in total. The van der Waals surface area contributed by atoms with E-state index in [-0.39, 0.29) is 30.1 Å². The second-order valence-corrected chi connectivity index (χ2v) is 9.49. The topological polar surface area (TPSA) is 90.7 Å². The van der Waals surface area contributed by atoms with E-state index in [1.54, 1.807) is 49.4 Å². The van der Waals surface area contributed by atoms with Crippen LogP contribution in [0.1, 0.15) is 17.5 Å². The van der Waals surface area contributed by atoms with Gasteiger partial charge in [0.25, 0.3) is 10.0 Å². The zero-order valence-electron chi connectivity index (χ0n) is 19.2. The summed E-state index contributed by atoms with van der Waals surface area (Å²) in [5.41, 5.74) is 1.72. The molecule has 3 aromatic rings. The average Bonchev–Trinajstić information content (AvgIpc) is 2.85. The minimum Gasteiger partial charge on any atom is -0.495 e. The molecule has 0 radical (unpaired) electrons. The van der Waals surface area contributed by atoms with Crippen molar-refractivity contribution in [3.8, 4) is 11.8 Å². The predicted octanol–water partition coefficient (Wildman–Crippen LogP) is 4.14. The molecule has 0 aromatic heterocycles. The Morgan fingerprint density at radius 1 is 0.971 bits per heavy atom. The molecule has 0 atom stereocenters. The lowest BCUT2D eigenvalue weighted by Gasteiger charge is -2.29. The number of ether oxygens (including phenoxy) is 1. The van der Waals surface area contributed by atoms with Crippen LogP contribution in [-0.4, -0.2) is 39.4 Å². The first-order valence-corrected chi connectivity index (χ1v) is 12.2. The Labute approximate surface area is 200 Å². The molecular weight excluding hydrogens is 450 g/mol. The van der Waals surface area contributed by atoms with Crippen molar-refractivity contribution < 1.29 is 17.9 Å². The maximum absolute atomic E-state index is 13.8. The molecule has 0 N–H and O–H groups in total. The van der Waals surface area contributed by atoms with Crippen LogP contribution < -0.4 is 9.04 Å². The number of nitrogens with zero attached hydrogens (tertiary/aromatic N) is 3. The van der Waals surface area contributed by atoms with Crippen molar-refractivity contribution in [1.29, 1.82) is 5.26 Å². The van der Waals surface area contributed by atoms with Gasteiger partial charge in [-0.15, -0.1) is 0 Å². The molecule has 0 saturated heterocycles. The molecule has 0 fully saturated rings. The fourth-order valence-electron chi connectivity index (χ4n) is 3.60. The highest BCUT2D eigenvalue weighted by atomic mass is 32.2. The van der Waals surface area contributed by atoms with E-state index in [0.717, 1.165) is 9.87 Å². The van der Waals surface area contributed by atoms with E-state index in [2.05, 4.69) is 6.07 Å². The van der Waals surface area contributed by atoms with Gasteiger partial charge < -0.3 is 9.64 Å². The molecule has 0 bridgehead atoms. The van der Waals surface area contributed by atoms with Crippen molar-refractivity contribution in [3.63, 3.8) is 0 Å². The van der Waals surface area contributed by atoms with Gasteiger partial charge in [-0.25, -0.2) is 8.42 Å². The molecular formula is C26H27N3O4S. The van der Waals surface area contributed by atoms with Crippen molar-refractivity contribution in [1.82, 2.24) is 4.90 Å². The van der Waals surface area contributed by atoms with Crippen LogP contribution in [0.25, 0.3) is 0 Å². The van der Waals surface area contributed by atoms with Crippen LogP contribution in [-0.2, 0) is 21.4 Å². The van der Waals surface area contributed by atoms with E-state index in [1.807, 2.05) is 30.3 Å². The molecule has 3 aromatic carbocycles. The first kappa shape index (κ1) is 24.8. The van der Waals surface area contributed by atoms with Gasteiger partial charge in [-0.05, 0) is 36.2 Å². The summed E-state index contributed by atoms with van der Waals surface area (Å²) in [7, 11) is -2.65. The third-order valence-corrected chi connectivity index (χ3v) is 7.28. The summed E-state index contributed by atoms with van der Waals surface area (Å²) in [6, 6.07) is 24.8. The Balaban J connectivity index is 2.03. The molecule has 176 valence electrons. The summed E-state index contributed by atoms with van der Waals surface area (Å²) in [6.07, 6.45) is 0.137. The van der Waals surface area contributed by atoms with E-state index in [1.165, 1.54) is 18.1 Å². The Kier molecular flexibility index (Phi) is 8.28. The van der Waals surface area contributed by atoms with Gasteiger partial charge >= 0.3 is 0 Å². The van der Waals surface area contributed by atoms with Crippen molar-refractivity contribution >= 4 is 21.6 Å². The maximum Gasteiger partial charge on any atom is 0.265 e. The Hall–Kier alpha value is -3.83. The number of aryl methyl sites for hydroxylation is 1. The molecule has 0 aliphatic carbocycles. The molecule has 3 rings (SSSR count). The summed E-state index contributed by atoms with van der Waals surface area (Å²) in [6.45, 7) is 1.74. The first-order chi connectivity index (χ1) is 16.4. The smallest absolute Gasteiger partial charge is 0.265 e. The molecule has 0 aliphatic rings. The Morgan fingerprint density at radius 2 is 1.62 bits per heavy atom. The standard InChI is InChI=1S/C26H27N3O4S/c1-21-11-6-9-16-25(21)34(31,32)29(23-14-7-8-15-24(23)33-2)20-26(30)28(18-10-17-27)19-22-12-4-3-5-13-22/h3-9,11-16H,10,18-20H2,1-2H3. The van der Waals surface area contributed by atoms with Crippen molar-refractivity contribution in [2.75, 3.05) is 24.5 Å². The fourth-order valence-corrected chi connectivity index (χ4v) is 5.26. The Morgan fingerprint density at radius 3 is 2.29 bits per heavy atom. The number of sulfonamides is 1. The average molecular weight is 478 g/mol. The predicted molar refractivity (Wildman–Crippen MR) is 131 cm³/mol. The number of carbonyl (C=O) groups is 1. The maximum atomic E-state index is 13.8. The monoisotopic (exact) mass is 477 g/mol. The largest absolute Gasteiger partial charge is 0.495 e. The minimum absolute atomic E-state index is 0.111. The molecule has 34 heavy (non-hydrogen) atoms. The van der Waals surface area contributed by atoms with Gasteiger partial charge in [0.1, 0.15) is 12.3 Å². The van der Waals surface area contributed by atoms with E-state index >= 15 is 0 Å². The highest BCUT2D eigenvalue weighted by molar-refractivity contribution is 7.93. The molecule has 0 spiro atoms. The molecule has 0 unspecified atom stereocenters. The number of amides is 1. The van der Waals surface area contributed by atoms with Gasteiger partial charge in [-0.3, -0.25) is 9.10 Å². The van der Waals surface area contributed by atoms with E-state index in [0.29, 0.717) is 11.3 Å². The summed E-state index contributed by atoms with van der Waals surface area (Å²) in [4.78, 5) is 15.1. The van der Waals surface area contributed by atoms with Crippen LogP contribution in [0.4, 0.5) is 5.69 Å². The first-order valence-electron chi connectivity index (χ1n) is 10.8. The van der Waals surface area contributed by atoms with Crippen LogP contribution in [0.3, 0.4) is 0 Å². The summed E-state index contributed by atoms with van der Waals surface area (Å²) < 4.78 is 34.1. The van der Waals surface area contributed by atoms with Gasteiger partial charge in [0, 0.05) is 13.1 Å². The number of methoxy groups -OCH3 is 1. The number of rotatable bonds is 10. The van der Waals surface area contributed by atoms with Crippen LogP contribution >= 0.6 is 0 Å². The van der Waals surface area contributed by atoms with Crippen molar-refractivity contribution in [2.24, 2.45) is 0 Å². The second kappa shape index (κ2) is 11.3. The molecule has 0 saturated carbocycles. The number of carbonyl (C=O) groups excluding carboxylic acids is 1. The number of benzene rings is 3. The number of hydrogen-bond acceptors (Lipinski definition) is 5. The lowest BCUT2D eigenvalue weighted by atomic mass is 10.2.